The average molecular weight is 304 g/mol. The van der Waals surface area contributed by atoms with Gasteiger partial charge in [0.2, 0.25) is 5.91 Å². The van der Waals surface area contributed by atoms with E-state index >= 15 is 0 Å². The molecule has 2 aromatic rings. The lowest BCUT2D eigenvalue weighted by atomic mass is 10.1. The molecule has 4 nitrogen and oxygen atoms in total. The first-order valence-corrected chi connectivity index (χ1v) is 8.34. The topological polar surface area (TPSA) is 46.3 Å². The maximum absolute atomic E-state index is 12.5. The van der Waals surface area contributed by atoms with Gasteiger partial charge in [-0.2, -0.15) is 11.3 Å². The van der Waals surface area contributed by atoms with Crippen molar-refractivity contribution >= 4 is 17.2 Å². The van der Waals surface area contributed by atoms with Crippen LogP contribution in [0.5, 0.6) is 0 Å². The first kappa shape index (κ1) is 14.3. The molecule has 0 spiro atoms. The molecule has 1 saturated heterocycles. The molecule has 1 amide bonds. The number of aromatic nitrogens is 1. The Morgan fingerprint density at radius 2 is 2.38 bits per heavy atom. The van der Waals surface area contributed by atoms with Crippen LogP contribution in [0.25, 0.3) is 0 Å². The summed E-state index contributed by atoms with van der Waals surface area (Å²) >= 11 is 1.70. The third kappa shape index (κ3) is 2.88. The van der Waals surface area contributed by atoms with Crippen molar-refractivity contribution in [1.29, 1.82) is 0 Å². The van der Waals surface area contributed by atoms with Crippen LogP contribution < -0.4 is 0 Å². The van der Waals surface area contributed by atoms with Crippen molar-refractivity contribution in [2.45, 2.75) is 45.6 Å². The Balaban J connectivity index is 1.65. The van der Waals surface area contributed by atoms with Gasteiger partial charge < -0.3 is 9.42 Å². The number of thiophene rings is 1. The molecule has 1 fully saturated rings. The van der Waals surface area contributed by atoms with Crippen LogP contribution in [0.15, 0.2) is 21.3 Å². The van der Waals surface area contributed by atoms with Crippen molar-refractivity contribution in [3.63, 3.8) is 0 Å². The summed E-state index contributed by atoms with van der Waals surface area (Å²) in [7, 11) is 0. The SMILES string of the molecule is Cc1noc(C)c1CCC(=O)N1CCCC1c1ccsc1. The molecule has 0 bridgehead atoms. The van der Waals surface area contributed by atoms with Crippen molar-refractivity contribution in [2.75, 3.05) is 6.54 Å². The lowest BCUT2D eigenvalue weighted by Crippen LogP contribution is -2.30. The molecule has 1 aliphatic rings. The van der Waals surface area contributed by atoms with Crippen molar-refractivity contribution in [2.24, 2.45) is 0 Å². The molecular formula is C16H20N2O2S. The van der Waals surface area contributed by atoms with Crippen LogP contribution in [0.2, 0.25) is 0 Å². The zero-order valence-corrected chi connectivity index (χ0v) is 13.3. The number of hydrogen-bond acceptors (Lipinski definition) is 4. The molecule has 112 valence electrons. The number of hydrogen-bond donors (Lipinski definition) is 0. The van der Waals surface area contributed by atoms with E-state index < -0.39 is 0 Å². The molecule has 0 saturated carbocycles. The smallest absolute Gasteiger partial charge is 0.223 e. The number of carbonyl (C=O) groups is 1. The summed E-state index contributed by atoms with van der Waals surface area (Å²) in [5.74, 6) is 1.07. The van der Waals surface area contributed by atoms with E-state index in [9.17, 15) is 4.79 Å². The Kier molecular flexibility index (Phi) is 4.10. The predicted octanol–water partition coefficient (Wildman–Crippen LogP) is 3.65. The molecular weight excluding hydrogens is 284 g/mol. The van der Waals surface area contributed by atoms with E-state index in [0.717, 1.165) is 36.4 Å². The second-order valence-electron chi connectivity index (χ2n) is 5.60. The molecule has 0 radical (unpaired) electrons. The molecule has 3 rings (SSSR count). The molecule has 3 heterocycles. The Labute approximate surface area is 128 Å². The third-order valence-corrected chi connectivity index (χ3v) is 4.97. The Morgan fingerprint density at radius 3 is 3.05 bits per heavy atom. The quantitative estimate of drug-likeness (QED) is 0.866. The lowest BCUT2D eigenvalue weighted by molar-refractivity contribution is -0.132. The number of aryl methyl sites for hydroxylation is 2. The van der Waals surface area contributed by atoms with E-state index in [1.807, 2.05) is 18.7 Å². The molecule has 2 aromatic heterocycles. The number of rotatable bonds is 4. The maximum Gasteiger partial charge on any atom is 0.223 e. The highest BCUT2D eigenvalue weighted by Crippen LogP contribution is 2.33. The summed E-state index contributed by atoms with van der Waals surface area (Å²) in [5.41, 5.74) is 3.26. The van der Waals surface area contributed by atoms with Crippen LogP contribution in [-0.2, 0) is 11.2 Å². The van der Waals surface area contributed by atoms with Gasteiger partial charge in [0.15, 0.2) is 0 Å². The van der Waals surface area contributed by atoms with Gasteiger partial charge in [-0.05, 0) is 55.5 Å². The van der Waals surface area contributed by atoms with Crippen LogP contribution in [0.1, 0.15) is 47.9 Å². The molecule has 1 atom stereocenters. The van der Waals surface area contributed by atoms with Crippen molar-refractivity contribution < 1.29 is 9.32 Å². The van der Waals surface area contributed by atoms with Gasteiger partial charge in [-0.25, -0.2) is 0 Å². The second kappa shape index (κ2) is 6.02. The van der Waals surface area contributed by atoms with Crippen LogP contribution in [0.3, 0.4) is 0 Å². The fourth-order valence-corrected chi connectivity index (χ4v) is 3.82. The van der Waals surface area contributed by atoms with Gasteiger partial charge in [0, 0.05) is 18.5 Å². The summed E-state index contributed by atoms with van der Waals surface area (Å²) in [6.45, 7) is 4.71. The first-order chi connectivity index (χ1) is 10.2. The molecule has 0 N–H and O–H groups in total. The highest BCUT2D eigenvalue weighted by atomic mass is 32.1. The number of amides is 1. The van der Waals surface area contributed by atoms with E-state index in [0.29, 0.717) is 12.8 Å². The normalized spacial score (nSPS) is 18.4. The Hall–Kier alpha value is -1.62. The fraction of sp³-hybridized carbons (Fsp3) is 0.500. The van der Waals surface area contributed by atoms with Gasteiger partial charge in [-0.1, -0.05) is 5.16 Å². The number of likely N-dealkylation sites (tertiary alicyclic amines) is 1. The maximum atomic E-state index is 12.5. The van der Waals surface area contributed by atoms with Crippen LogP contribution >= 0.6 is 11.3 Å². The van der Waals surface area contributed by atoms with Gasteiger partial charge >= 0.3 is 0 Å². The first-order valence-electron chi connectivity index (χ1n) is 7.40. The Bertz CT molecular complexity index is 599. The third-order valence-electron chi connectivity index (χ3n) is 4.27. The zero-order chi connectivity index (χ0) is 14.8. The predicted molar refractivity (Wildman–Crippen MR) is 82.3 cm³/mol. The fourth-order valence-electron chi connectivity index (χ4n) is 3.11. The van der Waals surface area contributed by atoms with Gasteiger partial charge in [-0.15, -0.1) is 0 Å². The van der Waals surface area contributed by atoms with Gasteiger partial charge in [0.1, 0.15) is 5.76 Å². The second-order valence-corrected chi connectivity index (χ2v) is 6.38. The minimum Gasteiger partial charge on any atom is -0.361 e. The molecule has 1 unspecified atom stereocenters. The molecule has 0 aromatic carbocycles. The lowest BCUT2D eigenvalue weighted by Gasteiger charge is -2.24. The summed E-state index contributed by atoms with van der Waals surface area (Å²) < 4.78 is 5.16. The molecule has 0 aliphatic carbocycles. The number of nitrogens with zero attached hydrogens (tertiary/aromatic N) is 2. The Morgan fingerprint density at radius 1 is 1.52 bits per heavy atom. The summed E-state index contributed by atoms with van der Waals surface area (Å²) in [5, 5.41) is 8.19. The van der Waals surface area contributed by atoms with Crippen molar-refractivity contribution in [1.82, 2.24) is 10.1 Å². The highest BCUT2D eigenvalue weighted by molar-refractivity contribution is 7.07. The average Bonchev–Trinajstić information content (AvgIpc) is 3.18. The summed E-state index contributed by atoms with van der Waals surface area (Å²) in [6.07, 6.45) is 3.42. The molecule has 21 heavy (non-hydrogen) atoms. The summed E-state index contributed by atoms with van der Waals surface area (Å²) in [4.78, 5) is 14.6. The van der Waals surface area contributed by atoms with Crippen LogP contribution in [0, 0.1) is 13.8 Å². The zero-order valence-electron chi connectivity index (χ0n) is 12.5. The van der Waals surface area contributed by atoms with E-state index in [1.54, 1.807) is 11.3 Å². The van der Waals surface area contributed by atoms with Crippen LogP contribution in [-0.4, -0.2) is 22.5 Å². The van der Waals surface area contributed by atoms with E-state index in [-0.39, 0.29) is 11.9 Å². The van der Waals surface area contributed by atoms with Crippen molar-refractivity contribution in [3.05, 3.63) is 39.4 Å². The minimum absolute atomic E-state index is 0.240. The van der Waals surface area contributed by atoms with E-state index in [1.165, 1.54) is 5.56 Å². The van der Waals surface area contributed by atoms with E-state index in [4.69, 9.17) is 4.52 Å². The van der Waals surface area contributed by atoms with E-state index in [2.05, 4.69) is 22.0 Å². The van der Waals surface area contributed by atoms with Gasteiger partial charge in [0.25, 0.3) is 0 Å². The van der Waals surface area contributed by atoms with Crippen molar-refractivity contribution in [3.8, 4) is 0 Å². The van der Waals surface area contributed by atoms with Gasteiger partial charge in [0.05, 0.1) is 11.7 Å². The standard InChI is InChI=1S/C16H20N2O2S/c1-11-14(12(2)20-17-11)5-6-16(19)18-8-3-4-15(18)13-7-9-21-10-13/h7,9-10,15H,3-6,8H2,1-2H3. The summed E-state index contributed by atoms with van der Waals surface area (Å²) in [6, 6.07) is 2.41. The van der Waals surface area contributed by atoms with Gasteiger partial charge in [-0.3, -0.25) is 4.79 Å². The highest BCUT2D eigenvalue weighted by Gasteiger charge is 2.30. The largest absolute Gasteiger partial charge is 0.361 e. The minimum atomic E-state index is 0.240. The number of carbonyl (C=O) groups excluding carboxylic acids is 1. The van der Waals surface area contributed by atoms with Crippen LogP contribution in [0.4, 0.5) is 0 Å². The molecule has 5 heteroatoms. The molecule has 1 aliphatic heterocycles. The monoisotopic (exact) mass is 304 g/mol.